The van der Waals surface area contributed by atoms with Crippen LogP contribution in [-0.2, 0) is 13.6 Å². The largest absolute Gasteiger partial charge is 0.361 e. The molecule has 6 nitrogen and oxygen atoms in total. The molecule has 1 aliphatic carbocycles. The molecular formula is C24H27F2N5O. The smallest absolute Gasteiger partial charge is 0.248 e. The van der Waals surface area contributed by atoms with Crippen molar-refractivity contribution in [1.82, 2.24) is 24.5 Å². The molecule has 0 unspecified atom stereocenters. The highest BCUT2D eigenvalue weighted by atomic mass is 19.3. The van der Waals surface area contributed by atoms with Crippen molar-refractivity contribution < 1.29 is 13.3 Å². The van der Waals surface area contributed by atoms with Gasteiger partial charge in [-0.25, -0.2) is 8.78 Å². The van der Waals surface area contributed by atoms with Crippen LogP contribution in [0.1, 0.15) is 42.8 Å². The third-order valence-corrected chi connectivity index (χ3v) is 6.63. The Morgan fingerprint density at radius 2 is 1.84 bits per heavy atom. The second-order valence-corrected chi connectivity index (χ2v) is 9.09. The highest BCUT2D eigenvalue weighted by Gasteiger charge is 2.35. The van der Waals surface area contributed by atoms with Gasteiger partial charge in [-0.1, -0.05) is 5.16 Å². The molecule has 1 fully saturated rings. The minimum absolute atomic E-state index is 0.0337. The van der Waals surface area contributed by atoms with Gasteiger partial charge in [0.05, 0.1) is 22.4 Å². The van der Waals surface area contributed by atoms with Crippen molar-refractivity contribution in [3.63, 3.8) is 0 Å². The van der Waals surface area contributed by atoms with Gasteiger partial charge >= 0.3 is 0 Å². The average Bonchev–Trinajstić information content (AvgIpc) is 3.38. The third kappa shape index (κ3) is 3.61. The van der Waals surface area contributed by atoms with E-state index >= 15 is 0 Å². The Morgan fingerprint density at radius 3 is 2.47 bits per heavy atom. The van der Waals surface area contributed by atoms with Gasteiger partial charge in [-0.2, -0.15) is 5.10 Å². The fraction of sp³-hybridized carbons (Fsp3) is 0.458. The summed E-state index contributed by atoms with van der Waals surface area (Å²) in [5.74, 6) is -1.55. The molecule has 0 N–H and O–H groups in total. The zero-order valence-corrected chi connectivity index (χ0v) is 18.8. The van der Waals surface area contributed by atoms with Crippen LogP contribution in [0.3, 0.4) is 0 Å². The quantitative estimate of drug-likeness (QED) is 0.401. The van der Waals surface area contributed by atoms with E-state index in [4.69, 9.17) is 9.51 Å². The summed E-state index contributed by atoms with van der Waals surface area (Å²) in [6.45, 7) is 6.49. The summed E-state index contributed by atoms with van der Waals surface area (Å²) >= 11 is 0. The van der Waals surface area contributed by atoms with Gasteiger partial charge in [-0.3, -0.25) is 9.67 Å². The minimum Gasteiger partial charge on any atom is -0.361 e. The zero-order valence-electron chi connectivity index (χ0n) is 18.8. The fourth-order valence-corrected chi connectivity index (χ4v) is 4.97. The Morgan fingerprint density at radius 1 is 1.09 bits per heavy atom. The number of halogens is 2. The summed E-state index contributed by atoms with van der Waals surface area (Å²) in [5.41, 5.74) is 7.55. The molecule has 0 saturated heterocycles. The second kappa shape index (κ2) is 7.53. The van der Waals surface area contributed by atoms with Crippen LogP contribution in [0.2, 0.25) is 0 Å². The van der Waals surface area contributed by atoms with E-state index in [1.54, 1.807) is 4.68 Å². The lowest BCUT2D eigenvalue weighted by atomic mass is 9.87. The maximum atomic E-state index is 13.7. The Hall–Kier alpha value is -3.03. The van der Waals surface area contributed by atoms with Gasteiger partial charge in [0.15, 0.2) is 0 Å². The summed E-state index contributed by atoms with van der Waals surface area (Å²) in [6, 6.07) is 2.11. The van der Waals surface area contributed by atoms with E-state index in [2.05, 4.69) is 27.1 Å². The molecule has 4 aromatic rings. The molecule has 4 heterocycles. The first-order valence-electron chi connectivity index (χ1n) is 11.0. The van der Waals surface area contributed by atoms with Gasteiger partial charge in [0.25, 0.3) is 0 Å². The van der Waals surface area contributed by atoms with E-state index in [0.717, 1.165) is 50.4 Å². The van der Waals surface area contributed by atoms with Crippen LogP contribution in [0.4, 0.5) is 8.78 Å². The molecule has 4 aromatic heterocycles. The van der Waals surface area contributed by atoms with Gasteiger partial charge in [0, 0.05) is 67.3 Å². The molecule has 168 valence electrons. The summed E-state index contributed by atoms with van der Waals surface area (Å²) in [4.78, 5) is 4.84. The van der Waals surface area contributed by atoms with Crippen molar-refractivity contribution in [2.75, 3.05) is 0 Å². The molecular weight excluding hydrogens is 412 g/mol. The van der Waals surface area contributed by atoms with Crippen LogP contribution in [0, 0.1) is 26.7 Å². The maximum absolute atomic E-state index is 13.7. The van der Waals surface area contributed by atoms with Crippen molar-refractivity contribution in [3.05, 3.63) is 41.8 Å². The summed E-state index contributed by atoms with van der Waals surface area (Å²) in [7, 11) is 1.90. The van der Waals surface area contributed by atoms with E-state index < -0.39 is 5.92 Å². The van der Waals surface area contributed by atoms with Crippen molar-refractivity contribution in [3.8, 4) is 22.3 Å². The first-order valence-corrected chi connectivity index (χ1v) is 11.0. The number of fused-ring (bicyclic) bond motifs is 1. The van der Waals surface area contributed by atoms with E-state index in [-0.39, 0.29) is 18.8 Å². The number of rotatable bonds is 4. The first-order chi connectivity index (χ1) is 15.2. The molecule has 1 aliphatic rings. The lowest BCUT2D eigenvalue weighted by Crippen LogP contribution is -2.26. The van der Waals surface area contributed by atoms with E-state index in [0.29, 0.717) is 19.4 Å². The lowest BCUT2D eigenvalue weighted by Gasteiger charge is -2.28. The van der Waals surface area contributed by atoms with Crippen LogP contribution in [0.25, 0.3) is 33.3 Å². The molecule has 8 heteroatoms. The molecule has 0 spiro atoms. The Bertz CT molecular complexity index is 1270. The zero-order chi connectivity index (χ0) is 22.6. The average molecular weight is 440 g/mol. The predicted molar refractivity (Wildman–Crippen MR) is 119 cm³/mol. The lowest BCUT2D eigenvalue weighted by molar-refractivity contribution is -0.0472. The Kier molecular flexibility index (Phi) is 4.91. The molecule has 0 bridgehead atoms. The van der Waals surface area contributed by atoms with Crippen LogP contribution >= 0.6 is 0 Å². The normalized spacial score (nSPS) is 16.8. The number of hydrogen-bond acceptors (Lipinski definition) is 4. The maximum Gasteiger partial charge on any atom is 0.248 e. The monoisotopic (exact) mass is 439 g/mol. The number of alkyl halides is 2. The molecule has 0 radical (unpaired) electrons. The molecule has 0 amide bonds. The topological polar surface area (TPSA) is 61.7 Å². The van der Waals surface area contributed by atoms with Gasteiger partial charge in [-0.15, -0.1) is 0 Å². The summed E-state index contributed by atoms with van der Waals surface area (Å²) in [6.07, 6.45) is 6.96. The number of nitrogens with zero attached hydrogens (tertiary/aromatic N) is 5. The van der Waals surface area contributed by atoms with Crippen LogP contribution in [0.15, 0.2) is 29.2 Å². The molecule has 0 atom stereocenters. The first kappa shape index (κ1) is 20.8. The molecule has 32 heavy (non-hydrogen) atoms. The third-order valence-electron chi connectivity index (χ3n) is 6.63. The van der Waals surface area contributed by atoms with Crippen molar-refractivity contribution >= 4 is 11.0 Å². The summed E-state index contributed by atoms with van der Waals surface area (Å²) in [5, 5.41) is 8.57. The second-order valence-electron chi connectivity index (χ2n) is 9.09. The van der Waals surface area contributed by atoms with Gasteiger partial charge < -0.3 is 9.09 Å². The van der Waals surface area contributed by atoms with Crippen LogP contribution < -0.4 is 0 Å². The van der Waals surface area contributed by atoms with Crippen LogP contribution in [-0.4, -0.2) is 30.4 Å². The predicted octanol–water partition coefficient (Wildman–Crippen LogP) is 5.84. The van der Waals surface area contributed by atoms with Crippen molar-refractivity contribution in [2.24, 2.45) is 13.0 Å². The van der Waals surface area contributed by atoms with Gasteiger partial charge in [0.2, 0.25) is 5.92 Å². The standard InChI is InChI=1S/C24H27F2N5O/c1-14-19(12-30(4)28-14)20-13-31(11-17-5-7-24(25,26)8-6-17)21-9-18(10-27-23(20)21)22-15(2)29-32-16(22)3/h9-10,12-13,17H,5-8,11H2,1-4H3. The Balaban J connectivity index is 1.62. The molecule has 1 saturated carbocycles. The number of hydrogen-bond donors (Lipinski definition) is 0. The highest BCUT2D eigenvalue weighted by Crippen LogP contribution is 2.39. The minimum atomic E-state index is -2.52. The number of pyridine rings is 1. The van der Waals surface area contributed by atoms with Gasteiger partial charge in [-0.05, 0) is 45.6 Å². The van der Waals surface area contributed by atoms with Crippen LogP contribution in [0.5, 0.6) is 0 Å². The van der Waals surface area contributed by atoms with E-state index in [1.165, 1.54) is 0 Å². The number of aryl methyl sites for hydroxylation is 4. The Labute approximate surface area is 185 Å². The van der Waals surface area contributed by atoms with E-state index in [1.807, 2.05) is 40.2 Å². The van der Waals surface area contributed by atoms with E-state index in [9.17, 15) is 8.78 Å². The van der Waals surface area contributed by atoms with Crippen molar-refractivity contribution in [2.45, 2.75) is 58.9 Å². The summed E-state index contributed by atoms with van der Waals surface area (Å²) < 4.78 is 36.7. The van der Waals surface area contributed by atoms with Gasteiger partial charge in [0.1, 0.15) is 5.76 Å². The van der Waals surface area contributed by atoms with Crippen molar-refractivity contribution in [1.29, 1.82) is 0 Å². The highest BCUT2D eigenvalue weighted by molar-refractivity contribution is 5.95. The SMILES string of the molecule is Cc1nn(C)cc1-c1cn(CC2CCC(F)(F)CC2)c2cc(-c3c(C)noc3C)cnc12. The molecule has 0 aliphatic heterocycles. The fourth-order valence-electron chi connectivity index (χ4n) is 4.97. The number of aromatic nitrogens is 5. The molecule has 0 aromatic carbocycles. The molecule has 5 rings (SSSR count).